The molecule has 0 aliphatic heterocycles. The average Bonchev–Trinajstić information content (AvgIpc) is 2.36. The Morgan fingerprint density at radius 3 is 2.45 bits per heavy atom. The van der Waals surface area contributed by atoms with Gasteiger partial charge in [-0.25, -0.2) is 12.8 Å². The summed E-state index contributed by atoms with van der Waals surface area (Å²) in [6.45, 7) is 0. The van der Waals surface area contributed by atoms with E-state index in [1.807, 2.05) is 0 Å². The highest BCUT2D eigenvalue weighted by molar-refractivity contribution is 7.92. The van der Waals surface area contributed by atoms with E-state index in [0.29, 0.717) is 5.02 Å². The first-order valence-corrected chi connectivity index (χ1v) is 7.56. The third-order valence-electron chi connectivity index (χ3n) is 2.45. The summed E-state index contributed by atoms with van der Waals surface area (Å²) >= 11 is 11.7. The van der Waals surface area contributed by atoms with E-state index in [1.54, 1.807) is 0 Å². The van der Waals surface area contributed by atoms with Crippen LogP contribution in [-0.4, -0.2) is 8.42 Å². The molecule has 0 spiro atoms. The van der Waals surface area contributed by atoms with Gasteiger partial charge in [-0.05, 0) is 36.4 Å². The highest BCUT2D eigenvalue weighted by Crippen LogP contribution is 2.28. The minimum Gasteiger partial charge on any atom is -0.396 e. The Morgan fingerprint density at radius 1 is 1.10 bits per heavy atom. The van der Waals surface area contributed by atoms with Crippen LogP contribution in [0.2, 0.25) is 10.0 Å². The van der Waals surface area contributed by atoms with Gasteiger partial charge < -0.3 is 5.73 Å². The molecule has 4 nitrogen and oxygen atoms in total. The van der Waals surface area contributed by atoms with Crippen molar-refractivity contribution in [3.8, 4) is 0 Å². The summed E-state index contributed by atoms with van der Waals surface area (Å²) in [5, 5.41) is 0.513. The Morgan fingerprint density at radius 2 is 1.80 bits per heavy atom. The Labute approximate surface area is 125 Å². The number of hydrogen-bond acceptors (Lipinski definition) is 3. The molecule has 0 aliphatic rings. The van der Waals surface area contributed by atoms with Gasteiger partial charge in [0, 0.05) is 5.02 Å². The van der Waals surface area contributed by atoms with E-state index >= 15 is 0 Å². The summed E-state index contributed by atoms with van der Waals surface area (Å²) in [5.41, 5.74) is 5.22. The SMILES string of the molecule is Nc1cc(S(=O)(=O)Nc2cc(Cl)ccc2Cl)ccc1F. The molecule has 3 N–H and O–H groups in total. The molecule has 0 radical (unpaired) electrons. The van der Waals surface area contributed by atoms with Crippen LogP contribution < -0.4 is 10.5 Å². The molecule has 2 rings (SSSR count). The summed E-state index contributed by atoms with van der Waals surface area (Å²) in [6, 6.07) is 7.46. The van der Waals surface area contributed by atoms with Crippen molar-refractivity contribution in [2.75, 3.05) is 10.5 Å². The minimum atomic E-state index is -3.93. The predicted molar refractivity (Wildman–Crippen MR) is 78.1 cm³/mol. The number of sulfonamides is 1. The molecule has 20 heavy (non-hydrogen) atoms. The largest absolute Gasteiger partial charge is 0.396 e. The molecule has 0 unspecified atom stereocenters. The van der Waals surface area contributed by atoms with E-state index in [-0.39, 0.29) is 21.3 Å². The van der Waals surface area contributed by atoms with Crippen LogP contribution in [0.1, 0.15) is 0 Å². The van der Waals surface area contributed by atoms with Gasteiger partial charge in [0.15, 0.2) is 0 Å². The molecule has 0 amide bonds. The van der Waals surface area contributed by atoms with E-state index in [1.165, 1.54) is 18.2 Å². The van der Waals surface area contributed by atoms with Gasteiger partial charge >= 0.3 is 0 Å². The molecule has 2 aromatic carbocycles. The first-order chi connectivity index (χ1) is 9.29. The van der Waals surface area contributed by atoms with Crippen LogP contribution in [0.25, 0.3) is 0 Å². The normalized spacial score (nSPS) is 11.3. The second kappa shape index (κ2) is 5.47. The monoisotopic (exact) mass is 334 g/mol. The molecular formula is C12H9Cl2FN2O2S. The van der Waals surface area contributed by atoms with Gasteiger partial charge in [-0.2, -0.15) is 0 Å². The smallest absolute Gasteiger partial charge is 0.262 e. The highest BCUT2D eigenvalue weighted by Gasteiger charge is 2.17. The zero-order chi connectivity index (χ0) is 14.9. The van der Waals surface area contributed by atoms with Crippen LogP contribution in [0.15, 0.2) is 41.3 Å². The molecule has 106 valence electrons. The highest BCUT2D eigenvalue weighted by atomic mass is 35.5. The van der Waals surface area contributed by atoms with Crippen molar-refractivity contribution < 1.29 is 12.8 Å². The van der Waals surface area contributed by atoms with Gasteiger partial charge in [0.2, 0.25) is 0 Å². The second-order valence-corrected chi connectivity index (χ2v) is 6.44. The molecule has 8 heteroatoms. The Bertz CT molecular complexity index is 766. The fourth-order valence-corrected chi connectivity index (χ4v) is 2.97. The van der Waals surface area contributed by atoms with Crippen LogP contribution in [0.4, 0.5) is 15.8 Å². The molecule has 0 atom stereocenters. The Hall–Kier alpha value is -1.50. The maximum atomic E-state index is 13.1. The van der Waals surface area contributed by atoms with E-state index < -0.39 is 15.8 Å². The summed E-state index contributed by atoms with van der Waals surface area (Å²) in [4.78, 5) is -0.174. The van der Waals surface area contributed by atoms with E-state index in [4.69, 9.17) is 28.9 Å². The summed E-state index contributed by atoms with van der Waals surface area (Å²) in [7, 11) is -3.93. The number of nitrogen functional groups attached to an aromatic ring is 1. The average molecular weight is 335 g/mol. The summed E-state index contributed by atoms with van der Waals surface area (Å²) in [6.07, 6.45) is 0. The van der Waals surface area contributed by atoms with Gasteiger partial charge in [-0.1, -0.05) is 23.2 Å². The van der Waals surface area contributed by atoms with Crippen molar-refractivity contribution in [3.63, 3.8) is 0 Å². The quantitative estimate of drug-likeness (QED) is 0.843. The lowest BCUT2D eigenvalue weighted by Crippen LogP contribution is -2.13. The lowest BCUT2D eigenvalue weighted by Gasteiger charge is -2.10. The number of anilines is 2. The van der Waals surface area contributed by atoms with Gasteiger partial charge in [0.25, 0.3) is 10.0 Å². The first kappa shape index (κ1) is 14.9. The maximum absolute atomic E-state index is 13.1. The van der Waals surface area contributed by atoms with E-state index in [2.05, 4.69) is 4.72 Å². The zero-order valence-corrected chi connectivity index (χ0v) is 12.2. The minimum absolute atomic E-state index is 0.127. The van der Waals surface area contributed by atoms with Crippen molar-refractivity contribution in [1.29, 1.82) is 0 Å². The molecule has 0 fully saturated rings. The number of halogens is 3. The van der Waals surface area contributed by atoms with Gasteiger partial charge in [0.1, 0.15) is 5.82 Å². The first-order valence-electron chi connectivity index (χ1n) is 5.32. The number of nitrogens with two attached hydrogens (primary N) is 1. The molecule has 0 bridgehead atoms. The summed E-state index contributed by atoms with van der Waals surface area (Å²) in [5.74, 6) is -0.690. The molecule has 2 aromatic rings. The number of hydrogen-bond donors (Lipinski definition) is 2. The van der Waals surface area contributed by atoms with Gasteiger partial charge in [-0.15, -0.1) is 0 Å². The fourth-order valence-electron chi connectivity index (χ4n) is 1.47. The van der Waals surface area contributed by atoms with Crippen molar-refractivity contribution in [2.24, 2.45) is 0 Å². The van der Waals surface area contributed by atoms with Crippen LogP contribution in [0.5, 0.6) is 0 Å². The molecular weight excluding hydrogens is 326 g/mol. The van der Waals surface area contributed by atoms with Crippen LogP contribution in [-0.2, 0) is 10.0 Å². The molecule has 0 aliphatic carbocycles. The van der Waals surface area contributed by atoms with Crippen LogP contribution in [0, 0.1) is 5.82 Å². The van der Waals surface area contributed by atoms with Crippen molar-refractivity contribution in [2.45, 2.75) is 4.90 Å². The maximum Gasteiger partial charge on any atom is 0.262 e. The molecule has 0 saturated carbocycles. The lowest BCUT2D eigenvalue weighted by molar-refractivity contribution is 0.600. The summed E-state index contributed by atoms with van der Waals surface area (Å²) < 4.78 is 39.6. The predicted octanol–water partition coefficient (Wildman–Crippen LogP) is 3.52. The van der Waals surface area contributed by atoms with E-state index in [9.17, 15) is 12.8 Å². The van der Waals surface area contributed by atoms with E-state index in [0.717, 1.165) is 18.2 Å². The topological polar surface area (TPSA) is 72.2 Å². The Balaban J connectivity index is 2.40. The van der Waals surface area contributed by atoms with Crippen molar-refractivity contribution in [1.82, 2.24) is 0 Å². The van der Waals surface area contributed by atoms with Crippen molar-refractivity contribution in [3.05, 3.63) is 52.3 Å². The zero-order valence-electron chi connectivity index (χ0n) is 9.90. The van der Waals surface area contributed by atoms with Gasteiger partial charge in [-0.3, -0.25) is 4.72 Å². The van der Waals surface area contributed by atoms with Crippen molar-refractivity contribution >= 4 is 44.6 Å². The Kier molecular flexibility index (Phi) is 4.08. The third-order valence-corrected chi connectivity index (χ3v) is 4.38. The molecule has 0 heterocycles. The lowest BCUT2D eigenvalue weighted by atomic mass is 10.3. The van der Waals surface area contributed by atoms with Gasteiger partial charge in [0.05, 0.1) is 21.3 Å². The number of benzene rings is 2. The van der Waals surface area contributed by atoms with Crippen LogP contribution in [0.3, 0.4) is 0 Å². The molecule has 0 saturated heterocycles. The third kappa shape index (κ3) is 3.15. The standard InChI is InChI=1S/C12H9Cl2FN2O2S/c13-7-1-3-9(14)12(5-7)17-20(18,19)8-2-4-10(15)11(16)6-8/h1-6,17H,16H2. The van der Waals surface area contributed by atoms with Crippen LogP contribution >= 0.6 is 23.2 Å². The fraction of sp³-hybridized carbons (Fsp3) is 0. The second-order valence-electron chi connectivity index (χ2n) is 3.91. The number of rotatable bonds is 3. The number of nitrogens with one attached hydrogen (secondary N) is 1. The molecule has 0 aromatic heterocycles.